The number of hydrogen-bond donors (Lipinski definition) is 0. The van der Waals surface area contributed by atoms with Crippen molar-refractivity contribution in [2.45, 2.75) is 30.8 Å². The van der Waals surface area contributed by atoms with Gasteiger partial charge in [-0.05, 0) is 68.3 Å². The minimum atomic E-state index is -3.67. The summed E-state index contributed by atoms with van der Waals surface area (Å²) in [6, 6.07) is 10.9. The first-order valence-corrected chi connectivity index (χ1v) is 11.3. The molecule has 9 heteroatoms. The van der Waals surface area contributed by atoms with Crippen LogP contribution >= 0.6 is 11.6 Å². The normalized spacial score (nSPS) is 16.8. The molecule has 1 aliphatic rings. The van der Waals surface area contributed by atoms with Gasteiger partial charge in [0.05, 0.1) is 10.8 Å². The number of esters is 1. The highest BCUT2D eigenvalue weighted by molar-refractivity contribution is 7.89. The summed E-state index contributed by atoms with van der Waals surface area (Å²) in [5.74, 6) is -1.92. The predicted molar refractivity (Wildman–Crippen MR) is 109 cm³/mol. The van der Waals surface area contributed by atoms with Crippen LogP contribution in [-0.4, -0.2) is 43.7 Å². The lowest BCUT2D eigenvalue weighted by Gasteiger charge is -2.30. The monoisotopic (exact) mass is 453 g/mol. The van der Waals surface area contributed by atoms with Crippen LogP contribution < -0.4 is 0 Å². The quantitative estimate of drug-likeness (QED) is 0.492. The molecule has 0 aliphatic carbocycles. The highest BCUT2D eigenvalue weighted by atomic mass is 35.5. The van der Waals surface area contributed by atoms with Gasteiger partial charge in [-0.3, -0.25) is 9.59 Å². The fourth-order valence-corrected chi connectivity index (χ4v) is 4.86. The number of carbonyl (C=O) groups excluding carboxylic acids is 2. The van der Waals surface area contributed by atoms with Crippen LogP contribution in [0.15, 0.2) is 53.4 Å². The zero-order chi connectivity index (χ0) is 21.9. The Morgan fingerprint density at radius 1 is 1.07 bits per heavy atom. The smallest absolute Gasteiger partial charge is 0.309 e. The molecule has 6 nitrogen and oxygen atoms in total. The van der Waals surface area contributed by atoms with E-state index in [2.05, 4.69) is 0 Å². The summed E-state index contributed by atoms with van der Waals surface area (Å²) in [7, 11) is -3.67. The minimum Gasteiger partial charge on any atom is -0.454 e. The number of carbonyl (C=O) groups is 2. The van der Waals surface area contributed by atoms with Crippen LogP contribution in [-0.2, 0) is 19.6 Å². The number of piperidine rings is 1. The van der Waals surface area contributed by atoms with Gasteiger partial charge in [-0.25, -0.2) is 12.8 Å². The Labute approximate surface area is 179 Å². The molecular formula is C21H21ClFNO5S. The molecule has 2 aromatic carbocycles. The molecule has 0 amide bonds. The first-order valence-electron chi connectivity index (χ1n) is 9.44. The Bertz CT molecular complexity index is 1020. The molecule has 1 unspecified atom stereocenters. The second-order valence-electron chi connectivity index (χ2n) is 7.08. The van der Waals surface area contributed by atoms with Crippen molar-refractivity contribution in [1.29, 1.82) is 0 Å². The summed E-state index contributed by atoms with van der Waals surface area (Å²) in [4.78, 5) is 24.9. The Hall–Kier alpha value is -2.29. The maximum absolute atomic E-state index is 13.0. The number of ketones is 1. The molecule has 0 spiro atoms. The number of halogens is 2. The van der Waals surface area contributed by atoms with E-state index in [0.29, 0.717) is 17.9 Å². The molecule has 0 radical (unpaired) electrons. The average molecular weight is 454 g/mol. The van der Waals surface area contributed by atoms with Gasteiger partial charge in [0.15, 0.2) is 6.10 Å². The van der Waals surface area contributed by atoms with Gasteiger partial charge < -0.3 is 4.74 Å². The summed E-state index contributed by atoms with van der Waals surface area (Å²) >= 11 is 5.81. The molecule has 160 valence electrons. The van der Waals surface area contributed by atoms with Gasteiger partial charge in [0.25, 0.3) is 0 Å². The van der Waals surface area contributed by atoms with Crippen molar-refractivity contribution in [3.05, 3.63) is 64.9 Å². The molecule has 0 N–H and O–H groups in total. The molecule has 2 aromatic rings. The number of ether oxygens (including phenoxy) is 1. The molecule has 0 saturated carbocycles. The van der Waals surface area contributed by atoms with Gasteiger partial charge >= 0.3 is 5.97 Å². The van der Waals surface area contributed by atoms with Crippen molar-refractivity contribution >= 4 is 33.4 Å². The second-order valence-corrected chi connectivity index (χ2v) is 9.46. The molecular weight excluding hydrogens is 433 g/mol. The molecule has 30 heavy (non-hydrogen) atoms. The largest absolute Gasteiger partial charge is 0.454 e. The van der Waals surface area contributed by atoms with E-state index in [1.807, 2.05) is 0 Å². The number of rotatable bonds is 6. The van der Waals surface area contributed by atoms with E-state index in [9.17, 15) is 22.4 Å². The summed E-state index contributed by atoms with van der Waals surface area (Å²) in [5, 5.41) is 0.444. The Morgan fingerprint density at radius 3 is 2.20 bits per heavy atom. The fraction of sp³-hybridized carbons (Fsp3) is 0.333. The second kappa shape index (κ2) is 9.24. The third-order valence-corrected chi connectivity index (χ3v) is 7.19. The standard InChI is InChI=1S/C21H21ClFNO5S/c1-14(20(25)15-2-6-18(23)7-3-15)29-21(26)16-10-12-24(13-11-16)30(27,28)19-8-4-17(22)5-9-19/h2-9,14,16H,10-13H2,1H3. The summed E-state index contributed by atoms with van der Waals surface area (Å²) in [6.07, 6.45) is -0.426. The number of Topliss-reactive ketones (excluding diaryl/α,β-unsaturated/α-hetero) is 1. The summed E-state index contributed by atoms with van der Waals surface area (Å²) < 4.78 is 45.0. The summed E-state index contributed by atoms with van der Waals surface area (Å²) in [5.41, 5.74) is 0.251. The first kappa shape index (κ1) is 22.4. The van der Waals surface area contributed by atoms with Crippen LogP contribution in [0.4, 0.5) is 4.39 Å². The van der Waals surface area contributed by atoms with E-state index in [0.717, 1.165) is 0 Å². The Kier molecular flexibility index (Phi) is 6.90. The van der Waals surface area contributed by atoms with Crippen LogP contribution in [0.25, 0.3) is 0 Å². The minimum absolute atomic E-state index is 0.145. The van der Waals surface area contributed by atoms with Crippen molar-refractivity contribution in [2.75, 3.05) is 13.1 Å². The molecule has 1 fully saturated rings. The van der Waals surface area contributed by atoms with Crippen molar-refractivity contribution in [1.82, 2.24) is 4.31 Å². The summed E-state index contributed by atoms with van der Waals surface area (Å²) in [6.45, 7) is 1.81. The lowest BCUT2D eigenvalue weighted by Crippen LogP contribution is -2.41. The van der Waals surface area contributed by atoms with Crippen molar-refractivity contribution in [3.63, 3.8) is 0 Å². The SMILES string of the molecule is CC(OC(=O)C1CCN(S(=O)(=O)c2ccc(Cl)cc2)CC1)C(=O)c1ccc(F)cc1. The van der Waals surface area contributed by atoms with Gasteiger partial charge in [-0.1, -0.05) is 11.6 Å². The van der Waals surface area contributed by atoms with Crippen LogP contribution in [0.5, 0.6) is 0 Å². The van der Waals surface area contributed by atoms with Crippen LogP contribution in [0.1, 0.15) is 30.1 Å². The lowest BCUT2D eigenvalue weighted by molar-refractivity contribution is -0.152. The highest BCUT2D eigenvalue weighted by Gasteiger charge is 2.34. The van der Waals surface area contributed by atoms with E-state index in [1.54, 1.807) is 0 Å². The average Bonchev–Trinajstić information content (AvgIpc) is 2.74. The topological polar surface area (TPSA) is 80.8 Å². The van der Waals surface area contributed by atoms with Gasteiger partial charge in [0, 0.05) is 23.7 Å². The zero-order valence-corrected chi connectivity index (χ0v) is 17.8. The third kappa shape index (κ3) is 5.06. The lowest BCUT2D eigenvalue weighted by atomic mass is 9.98. The Balaban J connectivity index is 1.56. The molecule has 3 rings (SSSR count). The number of nitrogens with zero attached hydrogens (tertiary/aromatic N) is 1. The molecule has 0 bridgehead atoms. The third-order valence-electron chi connectivity index (χ3n) is 5.03. The maximum Gasteiger partial charge on any atom is 0.309 e. The zero-order valence-electron chi connectivity index (χ0n) is 16.3. The van der Waals surface area contributed by atoms with Crippen LogP contribution in [0.2, 0.25) is 5.02 Å². The first-order chi connectivity index (χ1) is 14.2. The van der Waals surface area contributed by atoms with Gasteiger partial charge in [-0.15, -0.1) is 0 Å². The van der Waals surface area contributed by atoms with Crippen molar-refractivity contribution in [2.24, 2.45) is 5.92 Å². The van der Waals surface area contributed by atoms with E-state index in [4.69, 9.17) is 16.3 Å². The van der Waals surface area contributed by atoms with E-state index < -0.39 is 39.6 Å². The molecule has 1 saturated heterocycles. The molecule has 1 heterocycles. The van der Waals surface area contributed by atoms with Gasteiger partial charge in [0.1, 0.15) is 5.82 Å². The fourth-order valence-electron chi connectivity index (χ4n) is 3.26. The van der Waals surface area contributed by atoms with E-state index in [-0.39, 0.29) is 23.5 Å². The van der Waals surface area contributed by atoms with Crippen LogP contribution in [0.3, 0.4) is 0 Å². The van der Waals surface area contributed by atoms with E-state index >= 15 is 0 Å². The van der Waals surface area contributed by atoms with Crippen molar-refractivity contribution < 1.29 is 27.1 Å². The highest BCUT2D eigenvalue weighted by Crippen LogP contribution is 2.26. The molecule has 1 aliphatic heterocycles. The van der Waals surface area contributed by atoms with E-state index in [1.165, 1.54) is 59.8 Å². The predicted octanol–water partition coefficient (Wildman–Crippen LogP) is 3.69. The van der Waals surface area contributed by atoms with Gasteiger partial charge in [-0.2, -0.15) is 4.31 Å². The Morgan fingerprint density at radius 2 is 1.63 bits per heavy atom. The van der Waals surface area contributed by atoms with Gasteiger partial charge in [0.2, 0.25) is 15.8 Å². The number of hydrogen-bond acceptors (Lipinski definition) is 5. The van der Waals surface area contributed by atoms with Crippen LogP contribution in [0, 0.1) is 11.7 Å². The molecule has 1 atom stereocenters. The van der Waals surface area contributed by atoms with Crippen molar-refractivity contribution in [3.8, 4) is 0 Å². The number of benzene rings is 2. The maximum atomic E-state index is 13.0. The molecule has 0 aromatic heterocycles. The number of sulfonamides is 1.